The second-order valence-corrected chi connectivity index (χ2v) is 5.16. The van der Waals surface area contributed by atoms with Crippen LogP contribution in [0, 0.1) is 0 Å². The number of aliphatic hydroxyl groups excluding tert-OH is 2. The van der Waals surface area contributed by atoms with Gasteiger partial charge in [-0.3, -0.25) is 0 Å². The van der Waals surface area contributed by atoms with Crippen LogP contribution in [-0.2, 0) is 6.42 Å². The molecule has 1 heterocycles. The third kappa shape index (κ3) is 3.81. The molecule has 25 heavy (non-hydrogen) atoms. The predicted molar refractivity (Wildman–Crippen MR) is 89.2 cm³/mol. The smallest absolute Gasteiger partial charge is 0.200 e. The molecule has 0 aromatic heterocycles. The highest BCUT2D eigenvalue weighted by Gasteiger charge is 2.33. The summed E-state index contributed by atoms with van der Waals surface area (Å²) in [6.07, 6.45) is -1.92. The van der Waals surface area contributed by atoms with Gasteiger partial charge in [0.05, 0.1) is 6.10 Å². The van der Waals surface area contributed by atoms with Crippen molar-refractivity contribution in [3.8, 4) is 34.5 Å². The topological polar surface area (TPSA) is 151 Å². The van der Waals surface area contributed by atoms with E-state index in [0.717, 1.165) is 25.3 Å². The molecule has 0 radical (unpaired) electrons. The van der Waals surface area contributed by atoms with E-state index in [4.69, 9.17) is 9.84 Å². The molecule has 2 aromatic carbocycles. The summed E-state index contributed by atoms with van der Waals surface area (Å²) in [5.74, 6) is -1.94. The first-order chi connectivity index (χ1) is 11.4. The lowest BCUT2D eigenvalue weighted by atomic mass is 9.93. The summed E-state index contributed by atoms with van der Waals surface area (Å²) in [4.78, 5) is 0. The molecule has 0 spiro atoms. The van der Waals surface area contributed by atoms with Crippen molar-refractivity contribution in [2.24, 2.45) is 0 Å². The van der Waals surface area contributed by atoms with Gasteiger partial charge in [-0.1, -0.05) is 7.43 Å². The van der Waals surface area contributed by atoms with E-state index in [2.05, 4.69) is 0 Å². The van der Waals surface area contributed by atoms with Gasteiger partial charge in [0.1, 0.15) is 17.2 Å². The van der Waals surface area contributed by atoms with Gasteiger partial charge in [-0.2, -0.15) is 0 Å². The number of rotatable bonds is 1. The van der Waals surface area contributed by atoms with Crippen LogP contribution in [0.4, 0.5) is 0 Å². The third-order valence-electron chi connectivity index (χ3n) is 3.61. The summed E-state index contributed by atoms with van der Waals surface area (Å²) in [5.41, 5.74) is 0.600. The van der Waals surface area contributed by atoms with Gasteiger partial charge in [0.15, 0.2) is 23.4 Å². The Morgan fingerprint density at radius 1 is 0.880 bits per heavy atom. The normalized spacial score (nSPS) is 18.0. The fourth-order valence-electron chi connectivity index (χ4n) is 2.54. The Bertz CT molecular complexity index is 721. The highest BCUT2D eigenvalue weighted by molar-refractivity contribution is 5.54. The second kappa shape index (κ2) is 7.82. The van der Waals surface area contributed by atoms with Crippen LogP contribution >= 0.6 is 0 Å². The van der Waals surface area contributed by atoms with E-state index >= 15 is 0 Å². The summed E-state index contributed by atoms with van der Waals surface area (Å²) >= 11 is 0. The Kier molecular flexibility index (Phi) is 6.32. The molecule has 8 nitrogen and oxygen atoms in total. The van der Waals surface area contributed by atoms with Crippen molar-refractivity contribution in [2.45, 2.75) is 26.1 Å². The van der Waals surface area contributed by atoms with E-state index in [1.54, 1.807) is 0 Å². The molecule has 0 unspecified atom stereocenters. The van der Waals surface area contributed by atoms with Crippen LogP contribution in [0.25, 0.3) is 0 Å². The first-order valence-corrected chi connectivity index (χ1v) is 6.96. The van der Waals surface area contributed by atoms with Crippen LogP contribution in [0.5, 0.6) is 34.5 Å². The molecule has 0 fully saturated rings. The van der Waals surface area contributed by atoms with Crippen LogP contribution in [0.2, 0.25) is 0 Å². The number of ether oxygens (including phenoxy) is 1. The number of aliphatic hydroxyl groups is 2. The minimum absolute atomic E-state index is 0. The van der Waals surface area contributed by atoms with Gasteiger partial charge in [-0.25, -0.2) is 0 Å². The van der Waals surface area contributed by atoms with E-state index in [9.17, 15) is 30.6 Å². The molecule has 0 saturated heterocycles. The molecular formula is C17H22O8. The van der Waals surface area contributed by atoms with Crippen molar-refractivity contribution in [1.82, 2.24) is 0 Å². The molecule has 0 saturated carbocycles. The van der Waals surface area contributed by atoms with E-state index < -0.39 is 29.5 Å². The standard InChI is InChI=1S/C15H14O7.CH4O.CH4/c16-7-3-9(17)8-5-12(20)15(22-13(8)4-7)6-1-10(18)14(21)11(19)2-6;1-2;/h1-4,12,15-21H,5H2;2H,1H3;1H4/t12-,15+;;/m1../s1. The lowest BCUT2D eigenvalue weighted by Crippen LogP contribution is -2.30. The Morgan fingerprint density at radius 3 is 2.00 bits per heavy atom. The summed E-state index contributed by atoms with van der Waals surface area (Å²) < 4.78 is 5.57. The van der Waals surface area contributed by atoms with Gasteiger partial charge in [0.25, 0.3) is 0 Å². The van der Waals surface area contributed by atoms with Crippen molar-refractivity contribution in [3.05, 3.63) is 35.4 Å². The molecule has 0 amide bonds. The van der Waals surface area contributed by atoms with Crippen LogP contribution in [0.1, 0.15) is 24.7 Å². The van der Waals surface area contributed by atoms with Crippen molar-refractivity contribution in [3.63, 3.8) is 0 Å². The molecule has 0 bridgehead atoms. The number of hydrogen-bond acceptors (Lipinski definition) is 8. The molecule has 8 heteroatoms. The lowest BCUT2D eigenvalue weighted by molar-refractivity contribution is 0.0196. The number of aromatic hydroxyl groups is 5. The Labute approximate surface area is 144 Å². The van der Waals surface area contributed by atoms with Crippen LogP contribution in [0.15, 0.2) is 24.3 Å². The van der Waals surface area contributed by atoms with Gasteiger partial charge in [-0.15, -0.1) is 0 Å². The molecule has 7 N–H and O–H groups in total. The highest BCUT2D eigenvalue weighted by atomic mass is 16.5. The zero-order valence-corrected chi connectivity index (χ0v) is 12.7. The van der Waals surface area contributed by atoms with Crippen LogP contribution in [0.3, 0.4) is 0 Å². The van der Waals surface area contributed by atoms with Gasteiger partial charge in [0, 0.05) is 36.8 Å². The van der Waals surface area contributed by atoms with Gasteiger partial charge >= 0.3 is 0 Å². The maximum Gasteiger partial charge on any atom is 0.200 e. The second-order valence-electron chi connectivity index (χ2n) is 5.16. The summed E-state index contributed by atoms with van der Waals surface area (Å²) in [7, 11) is 1.00. The fourth-order valence-corrected chi connectivity index (χ4v) is 2.54. The Morgan fingerprint density at radius 2 is 1.44 bits per heavy atom. The highest BCUT2D eigenvalue weighted by Crippen LogP contribution is 2.44. The number of phenolic OH excluding ortho intramolecular Hbond substituents is 5. The maximum absolute atomic E-state index is 10.2. The van der Waals surface area contributed by atoms with E-state index in [-0.39, 0.29) is 36.7 Å². The molecule has 138 valence electrons. The number of hydrogen-bond donors (Lipinski definition) is 7. The maximum atomic E-state index is 10.2. The zero-order valence-electron chi connectivity index (χ0n) is 12.7. The number of benzene rings is 2. The average Bonchev–Trinajstić information content (AvgIpc) is 2.54. The average molecular weight is 354 g/mol. The van der Waals surface area contributed by atoms with Crippen molar-refractivity contribution in [2.75, 3.05) is 7.11 Å². The number of fused-ring (bicyclic) bond motifs is 1. The third-order valence-corrected chi connectivity index (χ3v) is 3.61. The van der Waals surface area contributed by atoms with E-state index in [1.807, 2.05) is 0 Å². The minimum Gasteiger partial charge on any atom is -0.508 e. The van der Waals surface area contributed by atoms with Crippen LogP contribution < -0.4 is 4.74 Å². The first kappa shape index (κ1) is 20.2. The molecule has 1 aliphatic rings. The summed E-state index contributed by atoms with van der Waals surface area (Å²) in [5, 5.41) is 64.9. The lowest BCUT2D eigenvalue weighted by Gasteiger charge is -2.31. The van der Waals surface area contributed by atoms with Gasteiger partial charge < -0.3 is 40.5 Å². The Balaban J connectivity index is 0.00000101. The predicted octanol–water partition coefficient (Wildman–Crippen LogP) is 1.50. The molecule has 3 rings (SSSR count). The largest absolute Gasteiger partial charge is 0.508 e. The van der Waals surface area contributed by atoms with Gasteiger partial charge in [0.2, 0.25) is 0 Å². The SMILES string of the molecule is C.CO.Oc1cc(O)c2c(c1)O[C@@H](c1cc(O)c(O)c(O)c1)[C@H](O)C2. The molecule has 1 aliphatic heterocycles. The number of phenols is 5. The molecule has 2 atom stereocenters. The van der Waals surface area contributed by atoms with Crippen molar-refractivity contribution < 1.29 is 40.5 Å². The first-order valence-electron chi connectivity index (χ1n) is 6.96. The van der Waals surface area contributed by atoms with Crippen molar-refractivity contribution in [1.29, 1.82) is 0 Å². The van der Waals surface area contributed by atoms with E-state index in [1.165, 1.54) is 6.07 Å². The van der Waals surface area contributed by atoms with Crippen LogP contribution in [-0.4, -0.2) is 49.0 Å². The minimum atomic E-state index is -1.05. The molecule has 0 aliphatic carbocycles. The summed E-state index contributed by atoms with van der Waals surface area (Å²) in [6.45, 7) is 0. The van der Waals surface area contributed by atoms with E-state index in [0.29, 0.717) is 5.56 Å². The van der Waals surface area contributed by atoms with Crippen molar-refractivity contribution >= 4 is 0 Å². The van der Waals surface area contributed by atoms with Gasteiger partial charge in [-0.05, 0) is 12.1 Å². The monoisotopic (exact) mass is 354 g/mol. The molecular weight excluding hydrogens is 332 g/mol. The fraction of sp³-hybridized carbons (Fsp3) is 0.294. The molecule has 2 aromatic rings. The zero-order chi connectivity index (χ0) is 18.0. The summed E-state index contributed by atoms with van der Waals surface area (Å²) in [6, 6.07) is 4.77. The quantitative estimate of drug-likeness (QED) is 0.381. The Hall–Kier alpha value is -2.84.